The molecule has 0 fully saturated rings. The van der Waals surface area contributed by atoms with E-state index in [1.165, 1.54) is 0 Å². The summed E-state index contributed by atoms with van der Waals surface area (Å²) in [6.45, 7) is 0.232. The molecule has 6 heteroatoms. The average Bonchev–Trinajstić information content (AvgIpc) is 2.86. The lowest BCUT2D eigenvalue weighted by atomic mass is 9.91. The Morgan fingerprint density at radius 2 is 2.15 bits per heavy atom. The maximum atomic E-state index is 10.5. The number of ether oxygens (including phenoxy) is 1. The second-order valence-electron chi connectivity index (χ2n) is 4.32. The Bertz CT molecular complexity index is 588. The van der Waals surface area contributed by atoms with Gasteiger partial charge in [0.25, 0.3) is 0 Å². The molecule has 0 aliphatic carbocycles. The van der Waals surface area contributed by atoms with Gasteiger partial charge in [-0.25, -0.2) is 0 Å². The molecule has 1 heterocycles. The minimum atomic E-state index is -0.876. The Hall–Kier alpha value is -1.01. The van der Waals surface area contributed by atoms with Crippen molar-refractivity contribution in [2.75, 3.05) is 13.7 Å². The van der Waals surface area contributed by atoms with Gasteiger partial charge in [-0.2, -0.15) is 0 Å². The van der Waals surface area contributed by atoms with E-state index in [1.54, 1.807) is 37.4 Å². The van der Waals surface area contributed by atoms with E-state index in [0.717, 1.165) is 5.56 Å². The van der Waals surface area contributed by atoms with Crippen molar-refractivity contribution in [1.82, 2.24) is 0 Å². The molecule has 0 aliphatic rings. The monoisotopic (exact) mass is 359 g/mol. The van der Waals surface area contributed by atoms with Gasteiger partial charge in [-0.3, -0.25) is 0 Å². The van der Waals surface area contributed by atoms with Crippen LogP contribution in [-0.2, 0) is 0 Å². The summed E-state index contributed by atoms with van der Waals surface area (Å²) in [4.78, 5) is 0. The fraction of sp³-hybridized carbons (Fsp3) is 0.286. The van der Waals surface area contributed by atoms with Gasteiger partial charge in [0.15, 0.2) is 4.67 Å². The van der Waals surface area contributed by atoms with E-state index in [1.807, 2.05) is 0 Å². The van der Waals surface area contributed by atoms with E-state index in [2.05, 4.69) is 15.9 Å². The largest absolute Gasteiger partial charge is 0.496 e. The first-order valence-corrected chi connectivity index (χ1v) is 7.20. The zero-order valence-electron chi connectivity index (χ0n) is 10.8. The molecule has 2 atom stereocenters. The second kappa shape index (κ2) is 6.63. The first kappa shape index (κ1) is 15.4. The third-order valence-corrected chi connectivity index (χ3v) is 3.77. The van der Waals surface area contributed by atoms with E-state index in [-0.39, 0.29) is 12.5 Å². The quantitative estimate of drug-likeness (QED) is 0.856. The first-order chi connectivity index (χ1) is 9.56. The van der Waals surface area contributed by atoms with Crippen LogP contribution in [-0.4, -0.2) is 18.8 Å². The number of methoxy groups -OCH3 is 1. The molecular formula is C14H15BrClNO3. The van der Waals surface area contributed by atoms with Gasteiger partial charge in [0.2, 0.25) is 0 Å². The van der Waals surface area contributed by atoms with Gasteiger partial charge in [0.05, 0.1) is 7.11 Å². The molecule has 20 heavy (non-hydrogen) atoms. The maximum absolute atomic E-state index is 10.5. The van der Waals surface area contributed by atoms with Crippen LogP contribution in [0.2, 0.25) is 5.02 Å². The molecule has 4 nitrogen and oxygen atoms in total. The van der Waals surface area contributed by atoms with Crippen LogP contribution in [0.4, 0.5) is 0 Å². The number of aliphatic hydroxyl groups excluding tert-OH is 1. The van der Waals surface area contributed by atoms with Crippen molar-refractivity contribution in [3.8, 4) is 5.75 Å². The normalized spacial score (nSPS) is 14.1. The molecule has 2 unspecified atom stereocenters. The van der Waals surface area contributed by atoms with Gasteiger partial charge in [-0.1, -0.05) is 11.6 Å². The minimum absolute atomic E-state index is 0.232. The molecule has 108 valence electrons. The summed E-state index contributed by atoms with van der Waals surface area (Å²) in [5, 5.41) is 11.0. The Morgan fingerprint density at radius 3 is 2.70 bits per heavy atom. The van der Waals surface area contributed by atoms with Gasteiger partial charge in [-0.05, 0) is 46.3 Å². The molecule has 3 N–H and O–H groups in total. The molecule has 0 aliphatic heterocycles. The van der Waals surface area contributed by atoms with Crippen LogP contribution in [0.3, 0.4) is 0 Å². The number of nitrogens with two attached hydrogens (primary N) is 1. The van der Waals surface area contributed by atoms with Crippen LogP contribution < -0.4 is 10.5 Å². The average molecular weight is 361 g/mol. The van der Waals surface area contributed by atoms with E-state index in [9.17, 15) is 5.11 Å². The van der Waals surface area contributed by atoms with Crippen LogP contribution in [0.1, 0.15) is 23.3 Å². The molecule has 1 aromatic carbocycles. The zero-order valence-corrected chi connectivity index (χ0v) is 13.2. The molecule has 2 rings (SSSR count). The SMILES string of the molecule is COc1ccc(Cl)cc1C(CN)C(O)c1ccc(Br)o1. The summed E-state index contributed by atoms with van der Waals surface area (Å²) in [5.74, 6) is 0.700. The number of furan rings is 1. The van der Waals surface area contributed by atoms with Gasteiger partial charge in [-0.15, -0.1) is 0 Å². The highest BCUT2D eigenvalue weighted by Gasteiger charge is 2.27. The van der Waals surface area contributed by atoms with Crippen LogP contribution in [0, 0.1) is 0 Å². The van der Waals surface area contributed by atoms with Gasteiger partial charge in [0.1, 0.15) is 17.6 Å². The van der Waals surface area contributed by atoms with Crippen LogP contribution in [0.25, 0.3) is 0 Å². The number of benzene rings is 1. The van der Waals surface area contributed by atoms with Crippen molar-refractivity contribution in [3.05, 3.63) is 51.3 Å². The highest BCUT2D eigenvalue weighted by atomic mass is 79.9. The summed E-state index contributed by atoms with van der Waals surface area (Å²) < 4.78 is 11.3. The Balaban J connectivity index is 2.39. The topological polar surface area (TPSA) is 68.6 Å². The fourth-order valence-electron chi connectivity index (χ4n) is 2.11. The molecule has 0 bridgehead atoms. The summed E-state index contributed by atoms with van der Waals surface area (Å²) in [6, 6.07) is 8.66. The predicted molar refractivity (Wildman–Crippen MR) is 81.2 cm³/mol. The number of rotatable bonds is 5. The fourth-order valence-corrected chi connectivity index (χ4v) is 2.61. The molecular weight excluding hydrogens is 346 g/mol. The van der Waals surface area contributed by atoms with Crippen molar-refractivity contribution >= 4 is 27.5 Å². The van der Waals surface area contributed by atoms with Crippen molar-refractivity contribution in [2.45, 2.75) is 12.0 Å². The molecule has 0 saturated heterocycles. The Labute approximate surface area is 130 Å². The predicted octanol–water partition coefficient (Wildman–Crippen LogP) is 3.48. The van der Waals surface area contributed by atoms with E-state index < -0.39 is 6.10 Å². The molecule has 1 aromatic heterocycles. The highest BCUT2D eigenvalue weighted by Crippen LogP contribution is 2.37. The third-order valence-electron chi connectivity index (χ3n) is 3.11. The minimum Gasteiger partial charge on any atom is -0.496 e. The Kier molecular flexibility index (Phi) is 5.10. The first-order valence-electron chi connectivity index (χ1n) is 6.03. The van der Waals surface area contributed by atoms with Crippen LogP contribution in [0.15, 0.2) is 39.4 Å². The molecule has 0 saturated carbocycles. The lowest BCUT2D eigenvalue weighted by Gasteiger charge is -2.22. The highest BCUT2D eigenvalue weighted by molar-refractivity contribution is 9.10. The number of aliphatic hydroxyl groups is 1. The van der Waals surface area contributed by atoms with Crippen LogP contribution in [0.5, 0.6) is 5.75 Å². The lowest BCUT2D eigenvalue weighted by molar-refractivity contribution is 0.119. The number of hydrogen-bond donors (Lipinski definition) is 2. The van der Waals surface area contributed by atoms with Gasteiger partial charge >= 0.3 is 0 Å². The summed E-state index contributed by atoms with van der Waals surface area (Å²) in [7, 11) is 1.57. The summed E-state index contributed by atoms with van der Waals surface area (Å²) >= 11 is 9.23. The van der Waals surface area contributed by atoms with Crippen molar-refractivity contribution in [3.63, 3.8) is 0 Å². The third kappa shape index (κ3) is 3.17. The van der Waals surface area contributed by atoms with E-state index >= 15 is 0 Å². The van der Waals surface area contributed by atoms with Gasteiger partial charge < -0.3 is 20.0 Å². The van der Waals surface area contributed by atoms with Crippen LogP contribution >= 0.6 is 27.5 Å². The van der Waals surface area contributed by atoms with Crippen molar-refractivity contribution in [2.24, 2.45) is 5.73 Å². The van der Waals surface area contributed by atoms with Crippen molar-refractivity contribution in [1.29, 1.82) is 0 Å². The van der Waals surface area contributed by atoms with Gasteiger partial charge in [0, 0.05) is 23.0 Å². The molecule has 0 amide bonds. The summed E-state index contributed by atoms with van der Waals surface area (Å²) in [6.07, 6.45) is -0.876. The van der Waals surface area contributed by atoms with E-state index in [4.69, 9.17) is 26.5 Å². The smallest absolute Gasteiger partial charge is 0.169 e. The molecule has 0 spiro atoms. The zero-order chi connectivity index (χ0) is 14.7. The summed E-state index contributed by atoms with van der Waals surface area (Å²) in [5.41, 5.74) is 6.56. The standard InChI is InChI=1S/C14H15BrClNO3/c1-19-11-3-2-8(16)6-9(11)10(7-17)14(18)12-4-5-13(15)20-12/h2-6,10,14,18H,7,17H2,1H3. The molecule has 2 aromatic rings. The second-order valence-corrected chi connectivity index (χ2v) is 5.53. The Morgan fingerprint density at radius 1 is 1.40 bits per heavy atom. The number of halogens is 2. The number of hydrogen-bond acceptors (Lipinski definition) is 4. The van der Waals surface area contributed by atoms with E-state index in [0.29, 0.717) is 21.2 Å². The lowest BCUT2D eigenvalue weighted by Crippen LogP contribution is -2.20. The molecule has 0 radical (unpaired) electrons. The maximum Gasteiger partial charge on any atom is 0.169 e. The van der Waals surface area contributed by atoms with Crippen molar-refractivity contribution < 1.29 is 14.3 Å².